The zero-order chi connectivity index (χ0) is 16.7. The van der Waals surface area contributed by atoms with Crippen LogP contribution in [0.2, 0.25) is 0 Å². The molecular weight excluding hydrogens is 412 g/mol. The Kier molecular flexibility index (Phi) is 4.19. The fourth-order valence-corrected chi connectivity index (χ4v) is 4.89. The third-order valence-electron chi connectivity index (χ3n) is 3.61. The molecule has 2 aromatic heterocycles. The summed E-state index contributed by atoms with van der Waals surface area (Å²) in [5, 5.41) is 0. The van der Waals surface area contributed by atoms with Gasteiger partial charge >= 0.3 is 0 Å². The van der Waals surface area contributed by atoms with Crippen molar-refractivity contribution < 1.29 is 14.3 Å². The van der Waals surface area contributed by atoms with Crippen LogP contribution in [0, 0.1) is 0 Å². The highest BCUT2D eigenvalue weighted by Gasteiger charge is 2.18. The second-order valence-corrected chi connectivity index (χ2v) is 8.70. The first kappa shape index (κ1) is 15.9. The van der Waals surface area contributed by atoms with Gasteiger partial charge in [0, 0.05) is 18.7 Å². The SMILES string of the molecule is CCCn1c(=NC(=O)c2ccc(Br)s2)sc2cc3c(cc21)OCO3. The molecule has 5 nitrogen and oxygen atoms in total. The summed E-state index contributed by atoms with van der Waals surface area (Å²) >= 11 is 6.26. The Morgan fingerprint density at radius 3 is 2.79 bits per heavy atom. The fourth-order valence-electron chi connectivity index (χ4n) is 2.56. The van der Waals surface area contributed by atoms with Crippen LogP contribution < -0.4 is 14.3 Å². The van der Waals surface area contributed by atoms with Gasteiger partial charge in [0.2, 0.25) is 6.79 Å². The van der Waals surface area contributed by atoms with Crippen molar-refractivity contribution in [1.29, 1.82) is 0 Å². The van der Waals surface area contributed by atoms with Crippen LogP contribution in [0.3, 0.4) is 0 Å². The number of hydrogen-bond acceptors (Lipinski definition) is 5. The molecule has 124 valence electrons. The van der Waals surface area contributed by atoms with Crippen molar-refractivity contribution in [2.24, 2.45) is 4.99 Å². The van der Waals surface area contributed by atoms with Crippen LogP contribution in [0.1, 0.15) is 23.0 Å². The first-order valence-electron chi connectivity index (χ1n) is 7.43. The van der Waals surface area contributed by atoms with Crippen LogP contribution in [0.15, 0.2) is 33.0 Å². The molecule has 0 spiro atoms. The number of rotatable bonds is 3. The molecule has 8 heteroatoms. The number of halogens is 1. The second-order valence-electron chi connectivity index (χ2n) is 5.23. The van der Waals surface area contributed by atoms with Crippen molar-refractivity contribution in [1.82, 2.24) is 4.57 Å². The summed E-state index contributed by atoms with van der Waals surface area (Å²) in [5.41, 5.74) is 1.02. The molecule has 1 aliphatic rings. The van der Waals surface area contributed by atoms with E-state index in [9.17, 15) is 4.79 Å². The summed E-state index contributed by atoms with van der Waals surface area (Å²) in [6.07, 6.45) is 0.951. The highest BCUT2D eigenvalue weighted by molar-refractivity contribution is 9.11. The molecule has 4 rings (SSSR count). The van der Waals surface area contributed by atoms with Gasteiger partial charge in [0.05, 0.1) is 18.9 Å². The fraction of sp³-hybridized carbons (Fsp3) is 0.250. The average molecular weight is 425 g/mol. The first-order chi connectivity index (χ1) is 11.7. The predicted octanol–water partition coefficient (Wildman–Crippen LogP) is 4.41. The number of carbonyl (C=O) groups is 1. The normalized spacial score (nSPS) is 13.8. The smallest absolute Gasteiger partial charge is 0.289 e. The summed E-state index contributed by atoms with van der Waals surface area (Å²) in [6, 6.07) is 7.57. The molecule has 3 heterocycles. The standard InChI is InChI=1S/C16H13BrN2O3S2/c1-2-5-19-9-6-10-11(22-8-21-10)7-13(9)24-16(19)18-15(20)12-3-4-14(17)23-12/h3-4,6-7H,2,5,8H2,1H3. The largest absolute Gasteiger partial charge is 0.454 e. The number of thiazole rings is 1. The molecule has 0 N–H and O–H groups in total. The number of aromatic nitrogens is 1. The Labute approximate surface area is 154 Å². The number of fused-ring (bicyclic) bond motifs is 2. The van der Waals surface area contributed by atoms with Crippen molar-refractivity contribution >= 4 is 54.7 Å². The molecule has 1 aromatic carbocycles. The van der Waals surface area contributed by atoms with Gasteiger partial charge in [-0.2, -0.15) is 4.99 Å². The van der Waals surface area contributed by atoms with Gasteiger partial charge in [-0.25, -0.2) is 0 Å². The zero-order valence-corrected chi connectivity index (χ0v) is 16.0. The summed E-state index contributed by atoms with van der Waals surface area (Å²) in [7, 11) is 0. The molecule has 24 heavy (non-hydrogen) atoms. The molecule has 1 aliphatic heterocycles. The maximum Gasteiger partial charge on any atom is 0.289 e. The van der Waals surface area contributed by atoms with E-state index in [1.165, 1.54) is 22.7 Å². The van der Waals surface area contributed by atoms with E-state index in [0.717, 1.165) is 38.5 Å². The minimum absolute atomic E-state index is 0.220. The third kappa shape index (κ3) is 2.78. The molecule has 0 unspecified atom stereocenters. The number of thiophene rings is 1. The van der Waals surface area contributed by atoms with Crippen LogP contribution in [-0.4, -0.2) is 17.3 Å². The number of nitrogens with zero attached hydrogens (tertiary/aromatic N) is 2. The molecule has 0 saturated carbocycles. The Morgan fingerprint density at radius 2 is 2.08 bits per heavy atom. The summed E-state index contributed by atoms with van der Waals surface area (Å²) < 4.78 is 14.9. The van der Waals surface area contributed by atoms with Crippen molar-refractivity contribution in [3.8, 4) is 11.5 Å². The summed E-state index contributed by atoms with van der Waals surface area (Å²) in [4.78, 5) is 18.1. The predicted molar refractivity (Wildman–Crippen MR) is 98.1 cm³/mol. The Balaban J connectivity index is 1.86. The zero-order valence-electron chi connectivity index (χ0n) is 12.7. The number of carbonyl (C=O) groups excluding carboxylic acids is 1. The van der Waals surface area contributed by atoms with Crippen molar-refractivity contribution in [3.05, 3.63) is 37.7 Å². The van der Waals surface area contributed by atoms with E-state index in [2.05, 4.69) is 32.4 Å². The highest BCUT2D eigenvalue weighted by Crippen LogP contribution is 2.37. The number of aryl methyl sites for hydroxylation is 1. The summed E-state index contributed by atoms with van der Waals surface area (Å²) in [5.74, 6) is 1.26. The molecule has 0 bridgehead atoms. The maximum absolute atomic E-state index is 12.4. The lowest BCUT2D eigenvalue weighted by molar-refractivity contribution is 0.100. The van der Waals surface area contributed by atoms with Crippen molar-refractivity contribution in [2.75, 3.05) is 6.79 Å². The Bertz CT molecular complexity index is 1000. The first-order valence-corrected chi connectivity index (χ1v) is 9.85. The highest BCUT2D eigenvalue weighted by atomic mass is 79.9. The van der Waals surface area contributed by atoms with Gasteiger partial charge in [0.25, 0.3) is 5.91 Å². The van der Waals surface area contributed by atoms with Crippen LogP contribution in [0.25, 0.3) is 10.2 Å². The topological polar surface area (TPSA) is 52.8 Å². The number of hydrogen-bond donors (Lipinski definition) is 0. The minimum atomic E-state index is -0.220. The van der Waals surface area contributed by atoms with Crippen LogP contribution in [-0.2, 0) is 6.54 Å². The van der Waals surface area contributed by atoms with E-state index >= 15 is 0 Å². The third-order valence-corrected chi connectivity index (χ3v) is 6.26. The van der Waals surface area contributed by atoms with Crippen molar-refractivity contribution in [2.45, 2.75) is 19.9 Å². The lowest BCUT2D eigenvalue weighted by atomic mass is 10.3. The second kappa shape index (κ2) is 6.34. The molecule has 0 radical (unpaired) electrons. The lowest BCUT2D eigenvalue weighted by Crippen LogP contribution is -2.16. The van der Waals surface area contributed by atoms with E-state index in [1.54, 1.807) is 6.07 Å². The van der Waals surface area contributed by atoms with Gasteiger partial charge in [-0.05, 0) is 34.5 Å². The van der Waals surface area contributed by atoms with Gasteiger partial charge < -0.3 is 14.0 Å². The number of benzene rings is 1. The van der Waals surface area contributed by atoms with E-state index < -0.39 is 0 Å². The van der Waals surface area contributed by atoms with E-state index in [4.69, 9.17) is 9.47 Å². The van der Waals surface area contributed by atoms with Gasteiger partial charge in [-0.3, -0.25) is 4.79 Å². The number of ether oxygens (including phenoxy) is 2. The minimum Gasteiger partial charge on any atom is -0.454 e. The van der Waals surface area contributed by atoms with Gasteiger partial charge in [0.1, 0.15) is 0 Å². The van der Waals surface area contributed by atoms with E-state index in [-0.39, 0.29) is 12.7 Å². The molecule has 0 saturated heterocycles. The van der Waals surface area contributed by atoms with Crippen LogP contribution in [0.5, 0.6) is 11.5 Å². The Morgan fingerprint density at radius 1 is 1.29 bits per heavy atom. The lowest BCUT2D eigenvalue weighted by Gasteiger charge is -2.03. The number of amides is 1. The maximum atomic E-state index is 12.4. The van der Waals surface area contributed by atoms with Gasteiger partial charge in [-0.1, -0.05) is 18.3 Å². The van der Waals surface area contributed by atoms with Crippen molar-refractivity contribution in [3.63, 3.8) is 0 Å². The molecule has 3 aromatic rings. The van der Waals surface area contributed by atoms with Gasteiger partial charge in [-0.15, -0.1) is 11.3 Å². The van der Waals surface area contributed by atoms with Gasteiger partial charge in [0.15, 0.2) is 16.3 Å². The Hall–Kier alpha value is -1.64. The van der Waals surface area contributed by atoms with Crippen LogP contribution in [0.4, 0.5) is 0 Å². The monoisotopic (exact) mass is 424 g/mol. The molecular formula is C16H13BrN2O3S2. The molecule has 0 aliphatic carbocycles. The summed E-state index contributed by atoms with van der Waals surface area (Å²) in [6.45, 7) is 3.15. The van der Waals surface area contributed by atoms with Crippen LogP contribution >= 0.6 is 38.6 Å². The van der Waals surface area contributed by atoms with E-state index in [1.807, 2.05) is 18.2 Å². The molecule has 0 atom stereocenters. The quantitative estimate of drug-likeness (QED) is 0.625. The van der Waals surface area contributed by atoms with E-state index in [0.29, 0.717) is 9.68 Å². The molecule has 0 fully saturated rings. The average Bonchev–Trinajstić information content (AvgIpc) is 3.25. The molecule has 1 amide bonds.